The molecule has 0 unspecified atom stereocenters. The van der Waals surface area contributed by atoms with E-state index in [-0.39, 0.29) is 13.0 Å². The molecule has 0 radical (unpaired) electrons. The molecular formula is C19H18N2O4. The van der Waals surface area contributed by atoms with Gasteiger partial charge in [-0.05, 0) is 31.0 Å². The van der Waals surface area contributed by atoms with E-state index in [1.165, 1.54) is 0 Å². The lowest BCUT2D eigenvalue weighted by atomic mass is 9.92. The van der Waals surface area contributed by atoms with Gasteiger partial charge in [-0.15, -0.1) is 0 Å². The number of rotatable bonds is 4. The molecule has 1 saturated heterocycles. The summed E-state index contributed by atoms with van der Waals surface area (Å²) in [7, 11) is 0. The Balaban J connectivity index is 1.84. The molecule has 25 heavy (non-hydrogen) atoms. The normalized spacial score (nSPS) is 16.8. The predicted molar refractivity (Wildman–Crippen MR) is 93.0 cm³/mol. The number of carboxylic acids is 1. The first-order chi connectivity index (χ1) is 12.1. The number of nitrogens with zero attached hydrogens (tertiary/aromatic N) is 2. The smallest absolute Gasteiger partial charge is 0.305 e. The van der Waals surface area contributed by atoms with Gasteiger partial charge in [0.25, 0.3) is 11.8 Å². The van der Waals surface area contributed by atoms with Gasteiger partial charge in [-0.25, -0.2) is 0 Å². The van der Waals surface area contributed by atoms with Gasteiger partial charge in [0.2, 0.25) is 0 Å². The summed E-state index contributed by atoms with van der Waals surface area (Å²) in [5.41, 5.74) is 2.00. The highest BCUT2D eigenvalue weighted by Gasteiger charge is 2.33. The van der Waals surface area contributed by atoms with Crippen LogP contribution in [0.3, 0.4) is 0 Å². The molecule has 6 heteroatoms. The molecule has 2 aromatic rings. The summed E-state index contributed by atoms with van der Waals surface area (Å²) in [6.45, 7) is 1.84. The van der Waals surface area contributed by atoms with Gasteiger partial charge in [0.1, 0.15) is 0 Å². The maximum atomic E-state index is 12.8. The third kappa shape index (κ3) is 2.45. The van der Waals surface area contributed by atoms with Crippen molar-refractivity contribution in [3.63, 3.8) is 0 Å². The van der Waals surface area contributed by atoms with Crippen LogP contribution in [0.2, 0.25) is 0 Å². The number of benzene rings is 2. The zero-order valence-corrected chi connectivity index (χ0v) is 13.7. The summed E-state index contributed by atoms with van der Waals surface area (Å²) in [6.07, 6.45) is 2.03. The van der Waals surface area contributed by atoms with E-state index in [1.807, 2.05) is 18.2 Å². The highest BCUT2D eigenvalue weighted by molar-refractivity contribution is 6.26. The van der Waals surface area contributed by atoms with Crippen LogP contribution >= 0.6 is 0 Å². The Morgan fingerprint density at radius 2 is 1.68 bits per heavy atom. The Morgan fingerprint density at radius 1 is 1.00 bits per heavy atom. The maximum Gasteiger partial charge on any atom is 0.305 e. The number of imide groups is 1. The summed E-state index contributed by atoms with van der Waals surface area (Å²) in [5, 5.41) is 10.5. The number of aliphatic carboxylic acids is 1. The fourth-order valence-electron chi connectivity index (χ4n) is 3.78. The maximum absolute atomic E-state index is 12.8. The van der Waals surface area contributed by atoms with Crippen LogP contribution in [0.5, 0.6) is 0 Å². The van der Waals surface area contributed by atoms with Gasteiger partial charge in [-0.1, -0.05) is 12.1 Å². The highest BCUT2D eigenvalue weighted by atomic mass is 16.4. The summed E-state index contributed by atoms with van der Waals surface area (Å²) in [6, 6.07) is 9.19. The quantitative estimate of drug-likeness (QED) is 0.867. The van der Waals surface area contributed by atoms with Gasteiger partial charge in [-0.2, -0.15) is 0 Å². The van der Waals surface area contributed by atoms with E-state index < -0.39 is 17.8 Å². The van der Waals surface area contributed by atoms with Crippen molar-refractivity contribution in [2.24, 2.45) is 0 Å². The van der Waals surface area contributed by atoms with Crippen LogP contribution < -0.4 is 4.90 Å². The summed E-state index contributed by atoms with van der Waals surface area (Å²) in [5.74, 6) is -1.86. The lowest BCUT2D eigenvalue weighted by molar-refractivity contribution is -0.137. The Labute approximate surface area is 144 Å². The molecule has 2 aliphatic rings. The van der Waals surface area contributed by atoms with Gasteiger partial charge in [0.05, 0.1) is 6.42 Å². The van der Waals surface area contributed by atoms with E-state index in [0.29, 0.717) is 16.5 Å². The van der Waals surface area contributed by atoms with E-state index >= 15 is 0 Å². The first-order valence-corrected chi connectivity index (χ1v) is 8.46. The summed E-state index contributed by atoms with van der Waals surface area (Å²) >= 11 is 0. The third-order valence-corrected chi connectivity index (χ3v) is 4.96. The van der Waals surface area contributed by atoms with E-state index in [1.54, 1.807) is 12.1 Å². The lowest BCUT2D eigenvalue weighted by Crippen LogP contribution is -2.41. The molecule has 0 atom stereocenters. The van der Waals surface area contributed by atoms with Crippen LogP contribution in [0, 0.1) is 0 Å². The van der Waals surface area contributed by atoms with Crippen molar-refractivity contribution in [2.75, 3.05) is 24.5 Å². The standard InChI is InChI=1S/C19H18N2O4/c22-16(23)8-11-21-18(24)13-5-3-4-12-15(20-9-1-2-10-20)7-6-14(17(12)13)19(21)25/h3-7H,1-2,8-11H2,(H,22,23). The number of carboxylic acid groups (broad SMARTS) is 1. The van der Waals surface area contributed by atoms with Crippen LogP contribution in [-0.4, -0.2) is 47.4 Å². The van der Waals surface area contributed by atoms with E-state index in [2.05, 4.69) is 4.90 Å². The van der Waals surface area contributed by atoms with Gasteiger partial charge in [0.15, 0.2) is 0 Å². The number of anilines is 1. The van der Waals surface area contributed by atoms with Crippen LogP contribution in [0.15, 0.2) is 30.3 Å². The third-order valence-electron chi connectivity index (χ3n) is 4.96. The number of carbonyl (C=O) groups excluding carboxylic acids is 2. The molecule has 1 fully saturated rings. The first-order valence-electron chi connectivity index (χ1n) is 8.46. The number of amides is 2. The molecule has 0 aliphatic carbocycles. The molecule has 0 spiro atoms. The van der Waals surface area contributed by atoms with Crippen LogP contribution in [0.25, 0.3) is 10.8 Å². The molecule has 1 N–H and O–H groups in total. The van der Waals surface area contributed by atoms with Gasteiger partial charge < -0.3 is 10.0 Å². The van der Waals surface area contributed by atoms with Crippen molar-refractivity contribution in [1.82, 2.24) is 4.90 Å². The molecule has 128 valence electrons. The van der Waals surface area contributed by atoms with Crippen molar-refractivity contribution in [1.29, 1.82) is 0 Å². The number of hydrogen-bond acceptors (Lipinski definition) is 4. The topological polar surface area (TPSA) is 77.9 Å². The average molecular weight is 338 g/mol. The fourth-order valence-corrected chi connectivity index (χ4v) is 3.78. The Hall–Kier alpha value is -2.89. The Bertz CT molecular complexity index is 877. The zero-order valence-electron chi connectivity index (χ0n) is 13.7. The first kappa shape index (κ1) is 15.6. The lowest BCUT2D eigenvalue weighted by Gasteiger charge is -2.29. The summed E-state index contributed by atoms with van der Waals surface area (Å²) in [4.78, 5) is 39.7. The number of hydrogen-bond donors (Lipinski definition) is 1. The molecule has 6 nitrogen and oxygen atoms in total. The molecular weight excluding hydrogens is 320 g/mol. The second-order valence-corrected chi connectivity index (χ2v) is 6.46. The van der Waals surface area contributed by atoms with Crippen LogP contribution in [-0.2, 0) is 4.79 Å². The molecule has 0 aromatic heterocycles. The van der Waals surface area contributed by atoms with Gasteiger partial charge in [0, 0.05) is 47.2 Å². The molecule has 0 saturated carbocycles. The monoisotopic (exact) mass is 338 g/mol. The molecule has 2 aromatic carbocycles. The van der Waals surface area contributed by atoms with Crippen molar-refractivity contribution >= 4 is 34.2 Å². The van der Waals surface area contributed by atoms with Gasteiger partial charge >= 0.3 is 5.97 Å². The number of carbonyl (C=O) groups is 3. The second kappa shape index (κ2) is 5.88. The Morgan fingerprint density at radius 3 is 2.36 bits per heavy atom. The molecule has 4 rings (SSSR count). The minimum Gasteiger partial charge on any atom is -0.481 e. The summed E-state index contributed by atoms with van der Waals surface area (Å²) < 4.78 is 0. The van der Waals surface area contributed by atoms with Crippen molar-refractivity contribution in [2.45, 2.75) is 19.3 Å². The molecule has 2 heterocycles. The Kier molecular flexibility index (Phi) is 3.67. The molecule has 2 aliphatic heterocycles. The largest absolute Gasteiger partial charge is 0.481 e. The van der Waals surface area contributed by atoms with Crippen molar-refractivity contribution < 1.29 is 19.5 Å². The zero-order chi connectivity index (χ0) is 17.6. The highest BCUT2D eigenvalue weighted by Crippen LogP contribution is 2.37. The van der Waals surface area contributed by atoms with E-state index in [0.717, 1.165) is 41.9 Å². The molecule has 0 bridgehead atoms. The van der Waals surface area contributed by atoms with Crippen LogP contribution in [0.1, 0.15) is 40.0 Å². The average Bonchev–Trinajstić information content (AvgIpc) is 3.13. The van der Waals surface area contributed by atoms with Crippen molar-refractivity contribution in [3.05, 3.63) is 41.5 Å². The minimum atomic E-state index is -1.03. The van der Waals surface area contributed by atoms with E-state index in [9.17, 15) is 14.4 Å². The van der Waals surface area contributed by atoms with Crippen LogP contribution in [0.4, 0.5) is 5.69 Å². The molecule has 2 amide bonds. The van der Waals surface area contributed by atoms with Gasteiger partial charge in [-0.3, -0.25) is 19.3 Å². The van der Waals surface area contributed by atoms with Crippen molar-refractivity contribution in [3.8, 4) is 0 Å². The predicted octanol–water partition coefficient (Wildman–Crippen LogP) is 2.51. The SMILES string of the molecule is O=C(O)CCN1C(=O)c2cccc3c(N4CCCC4)ccc(c23)C1=O. The van der Waals surface area contributed by atoms with E-state index in [4.69, 9.17) is 5.11 Å². The second-order valence-electron chi connectivity index (χ2n) is 6.46. The fraction of sp³-hybridized carbons (Fsp3) is 0.316. The minimum absolute atomic E-state index is 0.114.